The number of rotatable bonds is 4. The Morgan fingerprint density at radius 1 is 1.26 bits per heavy atom. The van der Waals surface area contributed by atoms with Gasteiger partial charge in [0.2, 0.25) is 6.79 Å². The topological polar surface area (TPSA) is 88.4 Å². The van der Waals surface area contributed by atoms with Crippen LogP contribution in [0.4, 0.5) is 0 Å². The Kier molecular flexibility index (Phi) is 6.20. The molecular weight excluding hydrogens is 560 g/mol. The van der Waals surface area contributed by atoms with Gasteiger partial charge < -0.3 is 18.9 Å². The zero-order valence-electron chi connectivity index (χ0n) is 18.8. The minimum Gasteiger partial charge on any atom is -0.496 e. The molecule has 5 rings (SSSR count). The Bertz CT molecular complexity index is 1590. The first-order valence-corrected chi connectivity index (χ1v) is 12.3. The fraction of sp³-hybridized carbons (Fsp3) is 0.208. The number of halogens is 2. The Morgan fingerprint density at radius 3 is 2.71 bits per heavy atom. The van der Waals surface area contributed by atoms with Crippen LogP contribution in [0, 0.1) is 0 Å². The van der Waals surface area contributed by atoms with Crippen LogP contribution in [0.25, 0.3) is 6.08 Å². The monoisotopic (exact) mass is 576 g/mol. The van der Waals surface area contributed by atoms with E-state index in [-0.39, 0.29) is 17.9 Å². The summed E-state index contributed by atoms with van der Waals surface area (Å²) >= 11 is 11.1. The van der Waals surface area contributed by atoms with Gasteiger partial charge in [-0.1, -0.05) is 38.9 Å². The highest BCUT2D eigenvalue weighted by Crippen LogP contribution is 2.38. The molecule has 35 heavy (non-hydrogen) atoms. The third kappa shape index (κ3) is 4.05. The van der Waals surface area contributed by atoms with Crippen molar-refractivity contribution in [2.24, 2.45) is 4.99 Å². The third-order valence-corrected chi connectivity index (χ3v) is 7.60. The van der Waals surface area contributed by atoms with E-state index in [1.807, 2.05) is 0 Å². The average Bonchev–Trinajstić information content (AvgIpc) is 3.41. The fourth-order valence-corrected chi connectivity index (χ4v) is 5.75. The number of carbonyl (C=O) groups is 1. The first-order valence-electron chi connectivity index (χ1n) is 10.4. The summed E-state index contributed by atoms with van der Waals surface area (Å²) in [4.78, 5) is 31.6. The molecule has 1 aromatic heterocycles. The van der Waals surface area contributed by atoms with Crippen LogP contribution in [0.2, 0.25) is 5.02 Å². The molecule has 0 spiro atoms. The summed E-state index contributed by atoms with van der Waals surface area (Å²) in [6, 6.07) is 7.81. The predicted molar refractivity (Wildman–Crippen MR) is 134 cm³/mol. The molecule has 11 heteroatoms. The van der Waals surface area contributed by atoms with Crippen LogP contribution in [0.3, 0.4) is 0 Å². The molecule has 3 aromatic rings. The van der Waals surface area contributed by atoms with Gasteiger partial charge >= 0.3 is 5.97 Å². The molecule has 0 amide bonds. The summed E-state index contributed by atoms with van der Waals surface area (Å²) in [5.74, 6) is 1.11. The van der Waals surface area contributed by atoms with Crippen molar-refractivity contribution in [1.82, 2.24) is 4.57 Å². The molecule has 0 aliphatic carbocycles. The lowest BCUT2D eigenvalue weighted by Gasteiger charge is -2.25. The number of carbonyl (C=O) groups excluding carboxylic acids is 1. The summed E-state index contributed by atoms with van der Waals surface area (Å²) in [5.41, 5.74) is 1.64. The van der Waals surface area contributed by atoms with Crippen LogP contribution in [0.1, 0.15) is 24.1 Å². The van der Waals surface area contributed by atoms with Gasteiger partial charge in [-0.2, -0.15) is 0 Å². The standard InChI is InChI=1S/C24H18BrClN2O6S/c1-11-20(23(30)32-3)21(14-8-13(26)4-5-16(14)31-2)28-22(29)19(35-24(28)27-11)7-12-6-17-18(9-15(12)25)34-10-33-17/h4-9,21H,10H2,1-3H3/b19-7-/t21-/m0/s1. The smallest absolute Gasteiger partial charge is 0.338 e. The minimum atomic E-state index is -0.838. The Hall–Kier alpha value is -3.08. The number of allylic oxidation sites excluding steroid dienone is 1. The normalized spacial score (nSPS) is 16.7. The lowest BCUT2D eigenvalue weighted by molar-refractivity contribution is -0.136. The van der Waals surface area contributed by atoms with Gasteiger partial charge in [-0.3, -0.25) is 9.36 Å². The first kappa shape index (κ1) is 23.7. The summed E-state index contributed by atoms with van der Waals surface area (Å²) in [5, 5.41) is 0.436. The molecule has 0 bridgehead atoms. The number of thiazole rings is 1. The fourth-order valence-electron chi connectivity index (χ4n) is 4.09. The van der Waals surface area contributed by atoms with Gasteiger partial charge in [-0.25, -0.2) is 9.79 Å². The van der Waals surface area contributed by atoms with Crippen LogP contribution in [0.5, 0.6) is 17.2 Å². The first-order chi connectivity index (χ1) is 16.8. The van der Waals surface area contributed by atoms with Gasteiger partial charge in [0.25, 0.3) is 5.56 Å². The van der Waals surface area contributed by atoms with Crippen molar-refractivity contribution in [3.05, 3.63) is 81.9 Å². The maximum Gasteiger partial charge on any atom is 0.338 e. The van der Waals surface area contributed by atoms with E-state index in [0.29, 0.717) is 42.9 Å². The van der Waals surface area contributed by atoms with Crippen molar-refractivity contribution in [3.63, 3.8) is 0 Å². The summed E-state index contributed by atoms with van der Waals surface area (Å²) in [6.45, 7) is 1.85. The molecule has 0 N–H and O–H groups in total. The van der Waals surface area contributed by atoms with Gasteiger partial charge in [0.15, 0.2) is 16.3 Å². The summed E-state index contributed by atoms with van der Waals surface area (Å²) in [7, 11) is 2.80. The van der Waals surface area contributed by atoms with Crippen LogP contribution >= 0.6 is 38.9 Å². The third-order valence-electron chi connectivity index (χ3n) is 5.69. The Balaban J connectivity index is 1.77. The van der Waals surface area contributed by atoms with Crippen LogP contribution in [0.15, 0.2) is 55.9 Å². The minimum absolute atomic E-state index is 0.143. The number of fused-ring (bicyclic) bond motifs is 2. The molecular formula is C24H18BrClN2O6S. The molecule has 8 nitrogen and oxygen atoms in total. The molecule has 0 fully saturated rings. The number of aromatic nitrogens is 1. The molecule has 2 aliphatic rings. The SMILES string of the molecule is COC(=O)C1=C(C)N=c2s/c(=C\c3cc4c(cc3Br)OCO4)c(=O)n2[C@H]1c1cc(Cl)ccc1OC. The van der Waals surface area contributed by atoms with Gasteiger partial charge in [0.05, 0.1) is 30.0 Å². The Labute approximate surface area is 216 Å². The van der Waals surface area contributed by atoms with Crippen molar-refractivity contribution >= 4 is 50.9 Å². The molecule has 2 aromatic carbocycles. The highest BCUT2D eigenvalue weighted by Gasteiger charge is 2.35. The molecule has 1 atom stereocenters. The van der Waals surface area contributed by atoms with Crippen LogP contribution in [-0.2, 0) is 9.53 Å². The average molecular weight is 578 g/mol. The van der Waals surface area contributed by atoms with Gasteiger partial charge in [-0.05, 0) is 48.9 Å². The van der Waals surface area contributed by atoms with E-state index in [0.717, 1.165) is 10.0 Å². The van der Waals surface area contributed by atoms with E-state index in [1.165, 1.54) is 30.1 Å². The number of ether oxygens (including phenoxy) is 4. The lowest BCUT2D eigenvalue weighted by Crippen LogP contribution is -2.40. The number of hydrogen-bond donors (Lipinski definition) is 0. The van der Waals surface area contributed by atoms with Gasteiger partial charge in [0.1, 0.15) is 11.8 Å². The number of esters is 1. The maximum atomic E-state index is 13.8. The van der Waals surface area contributed by atoms with Gasteiger partial charge in [0, 0.05) is 15.1 Å². The zero-order chi connectivity index (χ0) is 24.9. The van der Waals surface area contributed by atoms with E-state index in [1.54, 1.807) is 43.3 Å². The second-order valence-electron chi connectivity index (χ2n) is 7.69. The van der Waals surface area contributed by atoms with E-state index in [4.69, 9.17) is 30.5 Å². The summed E-state index contributed by atoms with van der Waals surface area (Å²) < 4.78 is 24.1. The molecule has 2 aliphatic heterocycles. The van der Waals surface area contributed by atoms with Crippen molar-refractivity contribution in [3.8, 4) is 17.2 Å². The van der Waals surface area contributed by atoms with Crippen molar-refractivity contribution < 1.29 is 23.7 Å². The van der Waals surface area contributed by atoms with E-state index in [9.17, 15) is 9.59 Å². The highest BCUT2D eigenvalue weighted by atomic mass is 79.9. The number of benzene rings is 2. The zero-order valence-corrected chi connectivity index (χ0v) is 21.9. The number of hydrogen-bond acceptors (Lipinski definition) is 8. The van der Waals surface area contributed by atoms with E-state index >= 15 is 0 Å². The van der Waals surface area contributed by atoms with Gasteiger partial charge in [-0.15, -0.1) is 0 Å². The molecule has 0 saturated heterocycles. The van der Waals surface area contributed by atoms with Crippen molar-refractivity contribution in [2.75, 3.05) is 21.0 Å². The molecule has 0 saturated carbocycles. The molecule has 0 radical (unpaired) electrons. The molecule has 0 unspecified atom stereocenters. The molecule has 180 valence electrons. The number of nitrogens with zero attached hydrogens (tertiary/aromatic N) is 2. The Morgan fingerprint density at radius 2 is 2.00 bits per heavy atom. The van der Waals surface area contributed by atoms with Crippen LogP contribution < -0.4 is 29.1 Å². The highest BCUT2D eigenvalue weighted by molar-refractivity contribution is 9.10. The largest absolute Gasteiger partial charge is 0.496 e. The lowest BCUT2D eigenvalue weighted by atomic mass is 9.95. The summed E-state index contributed by atoms with van der Waals surface area (Å²) in [6.07, 6.45) is 1.75. The van der Waals surface area contributed by atoms with Crippen molar-refractivity contribution in [1.29, 1.82) is 0 Å². The van der Waals surface area contributed by atoms with Crippen molar-refractivity contribution in [2.45, 2.75) is 13.0 Å². The molecule has 3 heterocycles. The van der Waals surface area contributed by atoms with E-state index < -0.39 is 12.0 Å². The second-order valence-corrected chi connectivity index (χ2v) is 9.99. The predicted octanol–water partition coefficient (Wildman–Crippen LogP) is 3.56. The van der Waals surface area contributed by atoms with E-state index in [2.05, 4.69) is 20.9 Å². The maximum absolute atomic E-state index is 13.8. The number of methoxy groups -OCH3 is 2. The second kappa shape index (κ2) is 9.18. The quantitative estimate of drug-likeness (QED) is 0.441. The van der Waals surface area contributed by atoms with Crippen LogP contribution in [-0.4, -0.2) is 31.5 Å².